The maximum Gasteiger partial charge on any atom is 0.191 e. The molecule has 118 valence electrons. The fourth-order valence-corrected chi connectivity index (χ4v) is 3.31. The van der Waals surface area contributed by atoms with Gasteiger partial charge >= 0.3 is 0 Å². The van der Waals surface area contributed by atoms with Crippen molar-refractivity contribution in [2.24, 2.45) is 4.99 Å². The third-order valence-corrected chi connectivity index (χ3v) is 4.97. The first-order valence-corrected chi connectivity index (χ1v) is 8.70. The largest absolute Gasteiger partial charge is 0.357 e. The van der Waals surface area contributed by atoms with E-state index >= 15 is 0 Å². The van der Waals surface area contributed by atoms with Gasteiger partial charge in [-0.05, 0) is 39.8 Å². The Morgan fingerprint density at radius 2 is 2.33 bits per heavy atom. The SMILES string of the molecule is CCNC(=NCc1ncc(CC)s1)NCC1CCCN1C. The first kappa shape index (κ1) is 16.2. The Bertz CT molecular complexity index is 457. The van der Waals surface area contributed by atoms with Crippen LogP contribution in [0.4, 0.5) is 0 Å². The molecule has 1 saturated heterocycles. The van der Waals surface area contributed by atoms with Gasteiger partial charge in [0.1, 0.15) is 5.01 Å². The molecule has 1 aromatic heterocycles. The second kappa shape index (κ2) is 8.34. The van der Waals surface area contributed by atoms with Crippen LogP contribution in [0.25, 0.3) is 0 Å². The molecular formula is C15H27N5S. The number of hydrogen-bond donors (Lipinski definition) is 2. The predicted molar refractivity (Wildman–Crippen MR) is 90.0 cm³/mol. The molecule has 5 nitrogen and oxygen atoms in total. The fraction of sp³-hybridized carbons (Fsp3) is 0.733. The number of likely N-dealkylation sites (N-methyl/N-ethyl adjacent to an activating group) is 1. The van der Waals surface area contributed by atoms with E-state index < -0.39 is 0 Å². The van der Waals surface area contributed by atoms with Crippen LogP contribution in [0.15, 0.2) is 11.2 Å². The van der Waals surface area contributed by atoms with Crippen molar-refractivity contribution in [3.63, 3.8) is 0 Å². The molecule has 0 saturated carbocycles. The van der Waals surface area contributed by atoms with Crippen molar-refractivity contribution in [1.82, 2.24) is 20.5 Å². The van der Waals surface area contributed by atoms with E-state index in [0.29, 0.717) is 12.6 Å². The third kappa shape index (κ3) is 4.97. The van der Waals surface area contributed by atoms with E-state index in [1.807, 2.05) is 6.20 Å². The number of nitrogens with one attached hydrogen (secondary N) is 2. The number of rotatable bonds is 6. The average molecular weight is 309 g/mol. The molecule has 0 aromatic carbocycles. The highest BCUT2D eigenvalue weighted by molar-refractivity contribution is 7.11. The van der Waals surface area contributed by atoms with Crippen LogP contribution in [-0.4, -0.2) is 48.6 Å². The van der Waals surface area contributed by atoms with Gasteiger partial charge < -0.3 is 15.5 Å². The number of aryl methyl sites for hydroxylation is 1. The summed E-state index contributed by atoms with van der Waals surface area (Å²) in [5.74, 6) is 0.894. The molecular weight excluding hydrogens is 282 g/mol. The lowest BCUT2D eigenvalue weighted by atomic mass is 10.2. The molecule has 0 bridgehead atoms. The van der Waals surface area contributed by atoms with E-state index in [1.165, 1.54) is 24.3 Å². The second-order valence-corrected chi connectivity index (χ2v) is 6.63. The van der Waals surface area contributed by atoms with E-state index in [-0.39, 0.29) is 0 Å². The maximum absolute atomic E-state index is 4.64. The van der Waals surface area contributed by atoms with Crippen molar-refractivity contribution in [1.29, 1.82) is 0 Å². The number of thiazole rings is 1. The van der Waals surface area contributed by atoms with Crippen molar-refractivity contribution < 1.29 is 0 Å². The summed E-state index contributed by atoms with van der Waals surface area (Å²) in [7, 11) is 2.20. The topological polar surface area (TPSA) is 52.6 Å². The monoisotopic (exact) mass is 309 g/mol. The lowest BCUT2D eigenvalue weighted by molar-refractivity contribution is 0.309. The van der Waals surface area contributed by atoms with Crippen molar-refractivity contribution in [3.8, 4) is 0 Å². The van der Waals surface area contributed by atoms with Gasteiger partial charge in [0, 0.05) is 30.2 Å². The van der Waals surface area contributed by atoms with Crippen LogP contribution in [0.3, 0.4) is 0 Å². The van der Waals surface area contributed by atoms with Gasteiger partial charge in [-0.2, -0.15) is 0 Å². The zero-order chi connectivity index (χ0) is 15.1. The summed E-state index contributed by atoms with van der Waals surface area (Å²) in [6.45, 7) is 7.95. The molecule has 0 aliphatic carbocycles. The van der Waals surface area contributed by atoms with Gasteiger partial charge in [-0.1, -0.05) is 6.92 Å². The van der Waals surface area contributed by atoms with Crippen LogP contribution >= 0.6 is 11.3 Å². The fourth-order valence-electron chi connectivity index (χ4n) is 2.52. The Balaban J connectivity index is 1.86. The molecule has 1 fully saturated rings. The van der Waals surface area contributed by atoms with Gasteiger partial charge in [0.15, 0.2) is 5.96 Å². The Labute approximate surface area is 131 Å². The highest BCUT2D eigenvalue weighted by Gasteiger charge is 2.20. The molecule has 0 radical (unpaired) electrons. The van der Waals surface area contributed by atoms with Crippen LogP contribution < -0.4 is 10.6 Å². The highest BCUT2D eigenvalue weighted by Crippen LogP contribution is 2.14. The van der Waals surface area contributed by atoms with Crippen LogP contribution in [-0.2, 0) is 13.0 Å². The normalized spacial score (nSPS) is 20.0. The number of aromatic nitrogens is 1. The molecule has 1 aromatic rings. The molecule has 2 rings (SSSR count). The molecule has 1 aliphatic heterocycles. The zero-order valence-electron chi connectivity index (χ0n) is 13.4. The standard InChI is InChI=1S/C15H27N5S/c1-4-13-10-17-14(21-13)11-19-15(16-5-2)18-9-12-7-6-8-20(12)3/h10,12H,4-9,11H2,1-3H3,(H2,16,18,19). The summed E-state index contributed by atoms with van der Waals surface area (Å²) in [5.41, 5.74) is 0. The first-order valence-electron chi connectivity index (χ1n) is 7.89. The molecule has 2 heterocycles. The number of nitrogens with zero attached hydrogens (tertiary/aromatic N) is 3. The average Bonchev–Trinajstić information content (AvgIpc) is 3.11. The van der Waals surface area contributed by atoms with Crippen LogP contribution in [0.2, 0.25) is 0 Å². The van der Waals surface area contributed by atoms with Gasteiger partial charge in [0.2, 0.25) is 0 Å². The molecule has 1 aliphatic rings. The van der Waals surface area contributed by atoms with Gasteiger partial charge in [-0.3, -0.25) is 0 Å². The Hall–Kier alpha value is -1.14. The smallest absolute Gasteiger partial charge is 0.191 e. The Morgan fingerprint density at radius 1 is 1.48 bits per heavy atom. The van der Waals surface area contributed by atoms with Gasteiger partial charge in [0.05, 0.1) is 6.54 Å². The van der Waals surface area contributed by atoms with E-state index in [4.69, 9.17) is 0 Å². The van der Waals surface area contributed by atoms with Crippen LogP contribution in [0, 0.1) is 0 Å². The summed E-state index contributed by atoms with van der Waals surface area (Å²) in [5, 5.41) is 7.85. The summed E-state index contributed by atoms with van der Waals surface area (Å²) >= 11 is 1.75. The summed E-state index contributed by atoms with van der Waals surface area (Å²) in [6.07, 6.45) is 5.59. The minimum atomic E-state index is 0.625. The van der Waals surface area contributed by atoms with E-state index in [0.717, 1.165) is 30.5 Å². The summed E-state index contributed by atoms with van der Waals surface area (Å²) in [4.78, 5) is 12.8. The maximum atomic E-state index is 4.64. The van der Waals surface area contributed by atoms with Crippen molar-refractivity contribution >= 4 is 17.3 Å². The molecule has 21 heavy (non-hydrogen) atoms. The zero-order valence-corrected chi connectivity index (χ0v) is 14.2. The summed E-state index contributed by atoms with van der Waals surface area (Å²) in [6, 6.07) is 0.625. The first-order chi connectivity index (χ1) is 10.2. The number of aliphatic imine (C=N–C) groups is 1. The van der Waals surface area contributed by atoms with Crippen molar-refractivity contribution in [2.75, 3.05) is 26.7 Å². The second-order valence-electron chi connectivity index (χ2n) is 5.43. The Morgan fingerprint density at radius 3 is 2.95 bits per heavy atom. The predicted octanol–water partition coefficient (Wildman–Crippen LogP) is 1.85. The van der Waals surface area contributed by atoms with E-state index in [9.17, 15) is 0 Å². The quantitative estimate of drug-likeness (QED) is 0.622. The summed E-state index contributed by atoms with van der Waals surface area (Å²) < 4.78 is 0. The molecule has 1 unspecified atom stereocenters. The van der Waals surface area contributed by atoms with Gasteiger partial charge in [-0.15, -0.1) is 11.3 Å². The minimum absolute atomic E-state index is 0.625. The van der Waals surface area contributed by atoms with Crippen molar-refractivity contribution in [3.05, 3.63) is 16.1 Å². The van der Waals surface area contributed by atoms with Crippen molar-refractivity contribution in [2.45, 2.75) is 45.7 Å². The van der Waals surface area contributed by atoms with Gasteiger partial charge in [-0.25, -0.2) is 9.98 Å². The molecule has 6 heteroatoms. The van der Waals surface area contributed by atoms with Crippen LogP contribution in [0.1, 0.15) is 36.6 Å². The minimum Gasteiger partial charge on any atom is -0.357 e. The number of hydrogen-bond acceptors (Lipinski definition) is 4. The molecule has 1 atom stereocenters. The van der Waals surface area contributed by atoms with Gasteiger partial charge in [0.25, 0.3) is 0 Å². The number of guanidine groups is 1. The lowest BCUT2D eigenvalue weighted by Crippen LogP contribution is -2.44. The molecule has 2 N–H and O–H groups in total. The van der Waals surface area contributed by atoms with Crippen LogP contribution in [0.5, 0.6) is 0 Å². The van der Waals surface area contributed by atoms with E-state index in [1.54, 1.807) is 11.3 Å². The highest BCUT2D eigenvalue weighted by atomic mass is 32.1. The number of likely N-dealkylation sites (tertiary alicyclic amines) is 1. The third-order valence-electron chi connectivity index (χ3n) is 3.84. The Kier molecular flexibility index (Phi) is 6.45. The van der Waals surface area contributed by atoms with E-state index in [2.05, 4.69) is 46.4 Å². The molecule has 0 spiro atoms. The molecule has 0 amide bonds. The lowest BCUT2D eigenvalue weighted by Gasteiger charge is -2.21.